The van der Waals surface area contributed by atoms with Gasteiger partial charge in [0.25, 0.3) is 0 Å². The van der Waals surface area contributed by atoms with Gasteiger partial charge in [0.15, 0.2) is 0 Å². The summed E-state index contributed by atoms with van der Waals surface area (Å²) in [5, 5.41) is 6.15. The molecule has 108 valence electrons. The first kappa shape index (κ1) is 13.8. The van der Waals surface area contributed by atoms with Crippen molar-refractivity contribution in [2.45, 2.75) is 25.3 Å². The van der Waals surface area contributed by atoms with Crippen molar-refractivity contribution in [1.29, 1.82) is 0 Å². The van der Waals surface area contributed by atoms with Crippen molar-refractivity contribution in [3.8, 4) is 0 Å². The van der Waals surface area contributed by atoms with Crippen LogP contribution in [0.3, 0.4) is 0 Å². The van der Waals surface area contributed by atoms with Crippen molar-refractivity contribution in [3.05, 3.63) is 53.1 Å². The zero-order chi connectivity index (χ0) is 14.7. The van der Waals surface area contributed by atoms with Gasteiger partial charge in [-0.05, 0) is 43.2 Å². The number of nitrogens with one attached hydrogen (secondary N) is 2. The fourth-order valence-electron chi connectivity index (χ4n) is 1.99. The second-order valence-corrected chi connectivity index (χ2v) is 5.46. The molecule has 0 bridgehead atoms. The van der Waals surface area contributed by atoms with E-state index in [9.17, 15) is 4.79 Å². The van der Waals surface area contributed by atoms with Gasteiger partial charge in [0, 0.05) is 22.3 Å². The molecule has 0 unspecified atom stereocenters. The van der Waals surface area contributed by atoms with Gasteiger partial charge in [-0.1, -0.05) is 11.6 Å². The molecule has 1 aliphatic carbocycles. The number of carbonyl (C=O) groups is 1. The number of urea groups is 1. The number of benzene rings is 1. The van der Waals surface area contributed by atoms with Gasteiger partial charge < -0.3 is 10.6 Å². The summed E-state index contributed by atoms with van der Waals surface area (Å²) in [6.07, 6.45) is 3.95. The number of hydrogen-bond acceptors (Lipinski definition) is 3. The van der Waals surface area contributed by atoms with Crippen LogP contribution < -0.4 is 10.6 Å². The molecule has 5 nitrogen and oxygen atoms in total. The molecule has 0 saturated heterocycles. The Kier molecular flexibility index (Phi) is 4.01. The molecular weight excluding hydrogens is 288 g/mol. The molecule has 1 aliphatic rings. The SMILES string of the molecule is O=C(NCc1cc(C2CC2)ncn1)Nc1ccc(Cl)cc1. The van der Waals surface area contributed by atoms with Crippen LogP contribution in [0.4, 0.5) is 10.5 Å². The molecule has 1 aromatic heterocycles. The Balaban J connectivity index is 1.53. The van der Waals surface area contributed by atoms with E-state index >= 15 is 0 Å². The molecule has 0 radical (unpaired) electrons. The predicted octanol–water partition coefficient (Wildman–Crippen LogP) is 3.33. The molecule has 2 aromatic rings. The molecule has 6 heteroatoms. The van der Waals surface area contributed by atoms with Crippen molar-refractivity contribution in [3.63, 3.8) is 0 Å². The van der Waals surface area contributed by atoms with Gasteiger partial charge in [-0.3, -0.25) is 0 Å². The number of aromatic nitrogens is 2. The molecular formula is C15H15ClN4O. The van der Waals surface area contributed by atoms with Crippen LogP contribution in [0.5, 0.6) is 0 Å². The van der Waals surface area contributed by atoms with Crippen LogP contribution in [0, 0.1) is 0 Å². The van der Waals surface area contributed by atoms with E-state index < -0.39 is 0 Å². The Hall–Kier alpha value is -2.14. The summed E-state index contributed by atoms with van der Waals surface area (Å²) < 4.78 is 0. The first-order chi connectivity index (χ1) is 10.2. The highest BCUT2D eigenvalue weighted by Gasteiger charge is 2.25. The second kappa shape index (κ2) is 6.10. The summed E-state index contributed by atoms with van der Waals surface area (Å²) >= 11 is 5.79. The first-order valence-electron chi connectivity index (χ1n) is 6.82. The van der Waals surface area contributed by atoms with Crippen LogP contribution >= 0.6 is 11.6 Å². The van der Waals surface area contributed by atoms with E-state index in [2.05, 4.69) is 20.6 Å². The van der Waals surface area contributed by atoms with Gasteiger partial charge in [0.1, 0.15) is 6.33 Å². The Labute approximate surface area is 127 Å². The third kappa shape index (κ3) is 3.92. The summed E-state index contributed by atoms with van der Waals surface area (Å²) in [7, 11) is 0. The van der Waals surface area contributed by atoms with Gasteiger partial charge in [-0.15, -0.1) is 0 Å². The fraction of sp³-hybridized carbons (Fsp3) is 0.267. The highest BCUT2D eigenvalue weighted by atomic mass is 35.5. The molecule has 1 fully saturated rings. The lowest BCUT2D eigenvalue weighted by Gasteiger charge is -2.08. The Morgan fingerprint density at radius 3 is 2.71 bits per heavy atom. The molecule has 0 aliphatic heterocycles. The molecule has 1 heterocycles. The molecule has 2 N–H and O–H groups in total. The number of hydrogen-bond donors (Lipinski definition) is 2. The first-order valence-corrected chi connectivity index (χ1v) is 7.20. The number of carbonyl (C=O) groups excluding carboxylic acids is 1. The Morgan fingerprint density at radius 1 is 1.24 bits per heavy atom. The van der Waals surface area contributed by atoms with E-state index in [1.165, 1.54) is 12.8 Å². The minimum atomic E-state index is -0.274. The number of nitrogens with zero attached hydrogens (tertiary/aromatic N) is 2. The third-order valence-electron chi connectivity index (χ3n) is 3.27. The molecule has 21 heavy (non-hydrogen) atoms. The highest BCUT2D eigenvalue weighted by Crippen LogP contribution is 2.38. The Morgan fingerprint density at radius 2 is 2.00 bits per heavy atom. The molecule has 0 atom stereocenters. The summed E-state index contributed by atoms with van der Waals surface area (Å²) in [5.41, 5.74) is 2.58. The lowest BCUT2D eigenvalue weighted by Crippen LogP contribution is -2.28. The summed E-state index contributed by atoms with van der Waals surface area (Å²) in [5.74, 6) is 0.578. The monoisotopic (exact) mass is 302 g/mol. The lowest BCUT2D eigenvalue weighted by atomic mass is 10.2. The normalized spacial score (nSPS) is 13.8. The van der Waals surface area contributed by atoms with E-state index in [-0.39, 0.29) is 6.03 Å². The van der Waals surface area contributed by atoms with Crippen LogP contribution in [0.15, 0.2) is 36.7 Å². The van der Waals surface area contributed by atoms with Gasteiger partial charge in [0.05, 0.1) is 12.2 Å². The van der Waals surface area contributed by atoms with E-state index in [4.69, 9.17) is 11.6 Å². The second-order valence-electron chi connectivity index (χ2n) is 5.02. The molecule has 1 aromatic carbocycles. The molecule has 0 spiro atoms. The third-order valence-corrected chi connectivity index (χ3v) is 3.52. The summed E-state index contributed by atoms with van der Waals surface area (Å²) in [6, 6.07) is 8.63. The zero-order valence-electron chi connectivity index (χ0n) is 11.3. The number of rotatable bonds is 4. The minimum absolute atomic E-state index is 0.274. The number of anilines is 1. The Bertz CT molecular complexity index is 640. The average Bonchev–Trinajstić information content (AvgIpc) is 3.33. The number of amides is 2. The maximum atomic E-state index is 11.8. The zero-order valence-corrected chi connectivity index (χ0v) is 12.1. The topological polar surface area (TPSA) is 66.9 Å². The van der Waals surface area contributed by atoms with E-state index in [0.717, 1.165) is 11.4 Å². The van der Waals surface area contributed by atoms with Crippen LogP contribution in [0.1, 0.15) is 30.1 Å². The molecule has 3 rings (SSSR count). The van der Waals surface area contributed by atoms with E-state index in [0.29, 0.717) is 23.2 Å². The van der Waals surface area contributed by atoms with Crippen molar-refractivity contribution >= 4 is 23.3 Å². The quantitative estimate of drug-likeness (QED) is 0.910. The number of halogens is 1. The molecule has 2 amide bonds. The largest absolute Gasteiger partial charge is 0.332 e. The fourth-order valence-corrected chi connectivity index (χ4v) is 2.12. The van der Waals surface area contributed by atoms with E-state index in [1.54, 1.807) is 30.6 Å². The van der Waals surface area contributed by atoms with Gasteiger partial charge in [-0.25, -0.2) is 14.8 Å². The predicted molar refractivity (Wildman–Crippen MR) is 81.3 cm³/mol. The average molecular weight is 303 g/mol. The van der Waals surface area contributed by atoms with E-state index in [1.807, 2.05) is 6.07 Å². The highest BCUT2D eigenvalue weighted by molar-refractivity contribution is 6.30. The maximum Gasteiger partial charge on any atom is 0.319 e. The standard InChI is InChI=1S/C15H15ClN4O/c16-11-3-5-12(6-4-11)20-15(21)17-8-13-7-14(10-1-2-10)19-9-18-13/h3-7,9-10H,1-2,8H2,(H2,17,20,21). The van der Waals surface area contributed by atoms with Crippen molar-refractivity contribution in [2.75, 3.05) is 5.32 Å². The maximum absolute atomic E-state index is 11.8. The van der Waals surface area contributed by atoms with Crippen molar-refractivity contribution in [2.24, 2.45) is 0 Å². The van der Waals surface area contributed by atoms with Gasteiger partial charge in [-0.2, -0.15) is 0 Å². The van der Waals surface area contributed by atoms with Gasteiger partial charge >= 0.3 is 6.03 Å². The smallest absolute Gasteiger partial charge is 0.319 e. The van der Waals surface area contributed by atoms with Crippen LogP contribution in [0.25, 0.3) is 0 Å². The van der Waals surface area contributed by atoms with Crippen LogP contribution in [0.2, 0.25) is 5.02 Å². The van der Waals surface area contributed by atoms with Crippen LogP contribution in [-0.4, -0.2) is 16.0 Å². The van der Waals surface area contributed by atoms with Crippen molar-refractivity contribution < 1.29 is 4.79 Å². The summed E-state index contributed by atoms with van der Waals surface area (Å²) in [6.45, 7) is 0.377. The van der Waals surface area contributed by atoms with Crippen LogP contribution in [-0.2, 0) is 6.54 Å². The minimum Gasteiger partial charge on any atom is -0.332 e. The van der Waals surface area contributed by atoms with Gasteiger partial charge in [0.2, 0.25) is 0 Å². The van der Waals surface area contributed by atoms with Crippen molar-refractivity contribution in [1.82, 2.24) is 15.3 Å². The lowest BCUT2D eigenvalue weighted by molar-refractivity contribution is 0.251. The summed E-state index contributed by atoms with van der Waals surface area (Å²) in [4.78, 5) is 20.2. The molecule has 1 saturated carbocycles.